The van der Waals surface area contributed by atoms with Crippen LogP contribution in [-0.4, -0.2) is 53.9 Å². The quantitative estimate of drug-likeness (QED) is 0.0885. The van der Waals surface area contributed by atoms with E-state index >= 15 is 0 Å². The normalized spacial score (nSPS) is 37.2. The Hall–Kier alpha value is -0.903. The Bertz CT molecular complexity index is 1860. The van der Waals surface area contributed by atoms with Gasteiger partial charge in [0.25, 0.3) is 0 Å². The van der Waals surface area contributed by atoms with Gasteiger partial charge in [-0.05, 0) is 200 Å². The Balaban J connectivity index is 0.000000276. The number of hydrogen-bond acceptors (Lipinski definition) is 8. The average molecular weight is 1190 g/mol. The molecule has 8 rings (SSSR count). The van der Waals surface area contributed by atoms with Crippen molar-refractivity contribution in [1.82, 2.24) is 0 Å². The van der Waals surface area contributed by atoms with Gasteiger partial charge >= 0.3 is 36.8 Å². The first-order valence-corrected chi connectivity index (χ1v) is 29.1. The number of halogens is 4. The Labute approximate surface area is 472 Å². The van der Waals surface area contributed by atoms with Crippen molar-refractivity contribution in [2.45, 2.75) is 195 Å². The second-order valence-corrected chi connectivity index (χ2v) is 25.0. The van der Waals surface area contributed by atoms with Crippen LogP contribution in [0, 0.1) is 69.5 Å². The van der Waals surface area contributed by atoms with E-state index in [1.165, 1.54) is 103 Å². The van der Waals surface area contributed by atoms with Crippen molar-refractivity contribution >= 4 is 78.1 Å². The summed E-state index contributed by atoms with van der Waals surface area (Å²) in [6.45, 7) is 25.8. The standard InChI is InChI=1S/C20H31BrO3.2C19H27BrO2.ClH.Li.H2O/c1-13(10-16(22)11-14(2)19(23)24-4)17-7-8-18-15(12-21)6-5-9-20(17,18)3;2*1-12(9-15-10-13(2)18(21)22-15)16-6-7-17-14(11-20)5-4-8-19(16,17)3;;;/h12-13,16-18,22H,2,5-11H2,1,3-4H3;2*11-12,15-17H,2,4-10H2,1,3H3;1H;;1H2/q;;;;+1;/p-1/b15-12+;2*14-11+;;;/t13-,16?,17-,18?,20-;12-,15+,16-,17+,19-;12-,15-,16-,17+,19-;;;/m111.../s1. The van der Waals surface area contributed by atoms with E-state index in [1.807, 2.05) is 0 Å². The number of hydrogen-bond donors (Lipinski definition) is 1. The molecule has 15 atom stereocenters. The first-order chi connectivity index (χ1) is 32.2. The molecule has 0 aromatic carbocycles. The largest absolute Gasteiger partial charge is 1.00 e. The summed E-state index contributed by atoms with van der Waals surface area (Å²) in [5.41, 5.74) is 7.65. The molecule has 0 bridgehead atoms. The van der Waals surface area contributed by atoms with E-state index < -0.39 is 12.1 Å². The molecule has 8 nitrogen and oxygen atoms in total. The number of esters is 3. The number of carbonyl (C=O) groups is 3. The van der Waals surface area contributed by atoms with Crippen LogP contribution < -0.4 is 18.9 Å². The van der Waals surface area contributed by atoms with E-state index in [-0.39, 0.29) is 60.9 Å². The van der Waals surface area contributed by atoms with E-state index in [0.717, 1.165) is 55.8 Å². The molecule has 0 aromatic heterocycles. The van der Waals surface area contributed by atoms with Gasteiger partial charge in [0.15, 0.2) is 0 Å². The zero-order valence-electron chi connectivity index (χ0n) is 44.5. The Morgan fingerprint density at radius 1 is 0.690 bits per heavy atom. The number of ether oxygens (including phenoxy) is 3. The molecule has 396 valence electrons. The smallest absolute Gasteiger partial charge is 0.870 e. The first-order valence-electron chi connectivity index (χ1n) is 26.3. The molecule has 0 aromatic rings. The number of fused-ring (bicyclic) bond motifs is 3. The summed E-state index contributed by atoms with van der Waals surface area (Å²) >= 11 is 10.7. The fourth-order valence-corrected chi connectivity index (χ4v) is 18.0. The maximum atomic E-state index is 11.5. The van der Waals surface area contributed by atoms with Gasteiger partial charge in [0.1, 0.15) is 12.2 Å². The van der Waals surface area contributed by atoms with Gasteiger partial charge in [-0.25, -0.2) is 14.4 Å². The minimum Gasteiger partial charge on any atom is -0.870 e. The minimum absolute atomic E-state index is 0. The summed E-state index contributed by atoms with van der Waals surface area (Å²) in [4.78, 5) is 41.0. The second-order valence-electron chi connectivity index (χ2n) is 23.6. The Kier molecular flexibility index (Phi) is 25.3. The molecular weight excluding hydrogens is 1110 g/mol. The SMILES string of the molecule is C=C(CC(O)C[C@@H](C)[C@H]1CCC2/C(=C/Br)CCC[C@@]21C)C(=O)OC.C=C1C[C@@H](C[C@@H](C)[C@H]2CC[C@H]3/C(=C/Br)CCC[C@]23C)OC1=O.C=C1C[C@H](C[C@@H](C)[C@H]2CC[C@H]3/C(=C/Br)CCC[C@]23C)OC1=O.Cl.[Li+].[OH-]. The number of allylic oxidation sites excluding steroid dienone is 3. The van der Waals surface area contributed by atoms with Gasteiger partial charge in [-0.15, -0.1) is 12.4 Å². The molecule has 6 aliphatic carbocycles. The van der Waals surface area contributed by atoms with Crippen LogP contribution in [-0.2, 0) is 28.6 Å². The molecule has 8 fully saturated rings. The topological polar surface area (TPSA) is 129 Å². The number of methoxy groups -OCH3 is 1. The number of cyclic esters (lactones) is 2. The molecule has 0 radical (unpaired) electrons. The van der Waals surface area contributed by atoms with Crippen LogP contribution in [0.25, 0.3) is 0 Å². The van der Waals surface area contributed by atoms with Crippen molar-refractivity contribution in [2.75, 3.05) is 7.11 Å². The molecule has 0 spiro atoms. The third-order valence-corrected chi connectivity index (χ3v) is 21.3. The van der Waals surface area contributed by atoms with Crippen molar-refractivity contribution in [3.8, 4) is 0 Å². The van der Waals surface area contributed by atoms with Gasteiger partial charge in [-0.3, -0.25) is 0 Å². The molecule has 2 N–H and O–H groups in total. The van der Waals surface area contributed by atoms with Crippen molar-refractivity contribution in [2.24, 2.45) is 69.5 Å². The van der Waals surface area contributed by atoms with Gasteiger partial charge in [0.05, 0.1) is 13.2 Å². The maximum Gasteiger partial charge on any atom is 1.00 e. The molecule has 6 saturated carbocycles. The average Bonchev–Trinajstić information content (AvgIpc) is 4.10. The molecule has 2 aliphatic heterocycles. The van der Waals surface area contributed by atoms with Crippen LogP contribution in [0.4, 0.5) is 0 Å². The molecule has 2 heterocycles. The first kappa shape index (κ1) is 64.4. The van der Waals surface area contributed by atoms with Crippen molar-refractivity contribution in [3.63, 3.8) is 0 Å². The Morgan fingerprint density at radius 2 is 1.03 bits per heavy atom. The van der Waals surface area contributed by atoms with E-state index in [2.05, 4.69) is 129 Å². The van der Waals surface area contributed by atoms with Crippen LogP contribution in [0.1, 0.15) is 176 Å². The zero-order valence-corrected chi connectivity index (χ0v) is 50.1. The van der Waals surface area contributed by atoms with Crippen molar-refractivity contribution in [3.05, 3.63) is 68.1 Å². The fourth-order valence-electron chi connectivity index (χ4n) is 16.3. The minimum atomic E-state index is -0.524. The molecule has 71 heavy (non-hydrogen) atoms. The summed E-state index contributed by atoms with van der Waals surface area (Å²) in [6.07, 6.45) is 23.4. The molecule has 8 aliphatic rings. The number of rotatable bonds is 12. The zero-order chi connectivity index (χ0) is 49.7. The van der Waals surface area contributed by atoms with Crippen LogP contribution in [0.15, 0.2) is 68.1 Å². The van der Waals surface area contributed by atoms with Crippen LogP contribution >= 0.6 is 60.2 Å². The third-order valence-electron chi connectivity index (χ3n) is 19.5. The predicted octanol–water partition coefficient (Wildman–Crippen LogP) is 13.0. The second kappa shape index (κ2) is 27.9. The van der Waals surface area contributed by atoms with Crippen molar-refractivity contribution in [1.29, 1.82) is 0 Å². The summed E-state index contributed by atoms with van der Waals surface area (Å²) in [7, 11) is 1.35. The molecule has 2 unspecified atom stereocenters. The van der Waals surface area contributed by atoms with E-state index in [0.29, 0.717) is 69.0 Å². The van der Waals surface area contributed by atoms with Crippen LogP contribution in [0.3, 0.4) is 0 Å². The van der Waals surface area contributed by atoms with Gasteiger partial charge in [0.2, 0.25) is 0 Å². The molecular formula is C58H87Br3ClLiO8. The molecule has 13 heteroatoms. The van der Waals surface area contributed by atoms with Crippen molar-refractivity contribution < 1.29 is 58.0 Å². The Morgan fingerprint density at radius 3 is 1.32 bits per heavy atom. The van der Waals surface area contributed by atoms with Gasteiger partial charge in [-0.2, -0.15) is 0 Å². The van der Waals surface area contributed by atoms with Gasteiger partial charge < -0.3 is 24.8 Å². The van der Waals surface area contributed by atoms with E-state index in [4.69, 9.17) is 9.47 Å². The van der Waals surface area contributed by atoms with Gasteiger partial charge in [-0.1, -0.05) is 126 Å². The van der Waals surface area contributed by atoms with Gasteiger partial charge in [0, 0.05) is 36.0 Å². The molecule has 0 amide bonds. The summed E-state index contributed by atoms with van der Waals surface area (Å²) < 4.78 is 15.6. The third kappa shape index (κ3) is 14.4. The predicted molar refractivity (Wildman–Crippen MR) is 295 cm³/mol. The monoisotopic (exact) mass is 1190 g/mol. The summed E-state index contributed by atoms with van der Waals surface area (Å²) in [6, 6.07) is 0. The number of aliphatic hydroxyl groups is 1. The number of aliphatic hydroxyl groups excluding tert-OH is 1. The van der Waals surface area contributed by atoms with Crippen LogP contribution in [0.5, 0.6) is 0 Å². The summed E-state index contributed by atoms with van der Waals surface area (Å²) in [5.74, 6) is 5.14. The van der Waals surface area contributed by atoms with Crippen LogP contribution in [0.2, 0.25) is 0 Å². The molecule has 2 saturated heterocycles. The maximum absolute atomic E-state index is 11.5. The van der Waals surface area contributed by atoms with E-state index in [1.54, 1.807) is 16.7 Å². The fraction of sp³-hybridized carbons (Fsp3) is 0.741. The number of carbonyl (C=O) groups excluding carboxylic acids is 3. The van der Waals surface area contributed by atoms with E-state index in [9.17, 15) is 19.5 Å². The summed E-state index contributed by atoms with van der Waals surface area (Å²) in [5, 5.41) is 10.4.